The van der Waals surface area contributed by atoms with Crippen LogP contribution in [0, 0.1) is 0 Å². The lowest BCUT2D eigenvalue weighted by atomic mass is 9.79. The standard InChI is InChI=1S/C15H27NO7S/c1-13(2)20-10-7-8-15(9-19-24(17,18)16(5)6)12(11(10)21-13)22-14(3,4)23-15/h10-12H,7-9H2,1-6H3/t10-,11-,12+,15+/m1/s1. The molecule has 3 rings (SSSR count). The van der Waals surface area contributed by atoms with Gasteiger partial charge in [-0.05, 0) is 40.5 Å². The molecule has 2 heterocycles. The first-order chi connectivity index (χ1) is 10.9. The molecule has 0 aromatic rings. The molecule has 2 aliphatic heterocycles. The van der Waals surface area contributed by atoms with Gasteiger partial charge in [0.15, 0.2) is 11.6 Å². The van der Waals surface area contributed by atoms with Crippen molar-refractivity contribution in [3.8, 4) is 0 Å². The molecule has 9 heteroatoms. The molecule has 4 atom stereocenters. The highest BCUT2D eigenvalue weighted by molar-refractivity contribution is 7.84. The summed E-state index contributed by atoms with van der Waals surface area (Å²) in [7, 11) is -0.949. The van der Waals surface area contributed by atoms with Crippen molar-refractivity contribution in [1.82, 2.24) is 4.31 Å². The molecule has 24 heavy (non-hydrogen) atoms. The molecule has 0 spiro atoms. The van der Waals surface area contributed by atoms with Gasteiger partial charge in [-0.1, -0.05) is 0 Å². The lowest BCUT2D eigenvalue weighted by Gasteiger charge is -2.40. The van der Waals surface area contributed by atoms with Crippen LogP contribution in [0.25, 0.3) is 0 Å². The number of nitrogens with zero attached hydrogens (tertiary/aromatic N) is 1. The first-order valence-corrected chi connectivity index (χ1v) is 9.53. The zero-order valence-corrected chi connectivity index (χ0v) is 15.9. The van der Waals surface area contributed by atoms with Crippen molar-refractivity contribution >= 4 is 10.3 Å². The fourth-order valence-electron chi connectivity index (χ4n) is 3.74. The first kappa shape index (κ1) is 18.5. The first-order valence-electron chi connectivity index (χ1n) is 8.16. The van der Waals surface area contributed by atoms with E-state index in [-0.39, 0.29) is 18.8 Å². The third-order valence-electron chi connectivity index (χ3n) is 4.65. The Bertz CT molecular complexity index is 603. The van der Waals surface area contributed by atoms with E-state index in [2.05, 4.69) is 0 Å². The molecule has 0 amide bonds. The molecule has 8 nitrogen and oxygen atoms in total. The molecule has 140 valence electrons. The second-order valence-electron chi connectivity index (χ2n) is 7.78. The van der Waals surface area contributed by atoms with E-state index < -0.39 is 33.6 Å². The Hall–Kier alpha value is -0.290. The maximum atomic E-state index is 12.0. The van der Waals surface area contributed by atoms with Gasteiger partial charge in [-0.25, -0.2) is 0 Å². The van der Waals surface area contributed by atoms with Gasteiger partial charge in [0.2, 0.25) is 0 Å². The van der Waals surface area contributed by atoms with Gasteiger partial charge in [0, 0.05) is 14.1 Å². The van der Waals surface area contributed by atoms with Crippen molar-refractivity contribution in [3.05, 3.63) is 0 Å². The highest BCUT2D eigenvalue weighted by Crippen LogP contribution is 2.50. The van der Waals surface area contributed by atoms with Gasteiger partial charge >= 0.3 is 10.3 Å². The van der Waals surface area contributed by atoms with E-state index in [0.717, 1.165) is 4.31 Å². The van der Waals surface area contributed by atoms with E-state index in [4.69, 9.17) is 23.1 Å². The molecular formula is C15H27NO7S. The number of ether oxygens (including phenoxy) is 4. The zero-order chi connectivity index (χ0) is 18.0. The monoisotopic (exact) mass is 365 g/mol. The van der Waals surface area contributed by atoms with Crippen LogP contribution < -0.4 is 0 Å². The summed E-state index contributed by atoms with van der Waals surface area (Å²) < 4.78 is 54.4. The Morgan fingerprint density at radius 2 is 1.75 bits per heavy atom. The van der Waals surface area contributed by atoms with Gasteiger partial charge in [0.1, 0.15) is 17.8 Å². The Morgan fingerprint density at radius 3 is 2.38 bits per heavy atom. The molecule has 1 aliphatic carbocycles. The fraction of sp³-hybridized carbons (Fsp3) is 1.00. The van der Waals surface area contributed by atoms with Crippen LogP contribution in [0.5, 0.6) is 0 Å². The highest BCUT2D eigenvalue weighted by atomic mass is 32.2. The average molecular weight is 365 g/mol. The van der Waals surface area contributed by atoms with E-state index in [1.54, 1.807) is 0 Å². The van der Waals surface area contributed by atoms with Crippen LogP contribution in [0.4, 0.5) is 0 Å². The summed E-state index contributed by atoms with van der Waals surface area (Å²) in [5.74, 6) is -1.54. The zero-order valence-electron chi connectivity index (χ0n) is 15.1. The highest BCUT2D eigenvalue weighted by Gasteiger charge is 2.64. The summed E-state index contributed by atoms with van der Waals surface area (Å²) in [6.07, 6.45) is 0.396. The van der Waals surface area contributed by atoms with Gasteiger partial charge in [0.05, 0.1) is 12.7 Å². The average Bonchev–Trinajstić information content (AvgIpc) is 2.88. The van der Waals surface area contributed by atoms with Gasteiger partial charge < -0.3 is 18.9 Å². The fourth-order valence-corrected chi connectivity index (χ4v) is 4.30. The van der Waals surface area contributed by atoms with Crippen LogP contribution in [0.15, 0.2) is 0 Å². The molecule has 0 aromatic heterocycles. The summed E-state index contributed by atoms with van der Waals surface area (Å²) in [5, 5.41) is 0. The molecule has 3 fully saturated rings. The smallest absolute Gasteiger partial charge is 0.337 e. The van der Waals surface area contributed by atoms with Crippen LogP contribution in [-0.4, -0.2) is 68.9 Å². The second-order valence-corrected chi connectivity index (χ2v) is 9.61. The molecule has 3 aliphatic rings. The van der Waals surface area contributed by atoms with Crippen LogP contribution in [0.3, 0.4) is 0 Å². The molecule has 0 aromatic carbocycles. The SMILES string of the molecule is CN(C)S(=O)(=O)OC[C@@]12CC[C@H]3OC(C)(C)O[C@H]3[C@@H]1OC(C)(C)O2. The third kappa shape index (κ3) is 3.23. The van der Waals surface area contributed by atoms with Crippen molar-refractivity contribution in [2.24, 2.45) is 0 Å². The minimum absolute atomic E-state index is 0.0962. The van der Waals surface area contributed by atoms with Crippen molar-refractivity contribution in [3.63, 3.8) is 0 Å². The molecule has 0 unspecified atom stereocenters. The van der Waals surface area contributed by atoms with Crippen LogP contribution in [0.2, 0.25) is 0 Å². The number of hydrogen-bond acceptors (Lipinski definition) is 7. The van der Waals surface area contributed by atoms with E-state index in [0.29, 0.717) is 12.8 Å². The number of fused-ring (bicyclic) bond motifs is 3. The molecule has 0 bridgehead atoms. The van der Waals surface area contributed by atoms with Gasteiger partial charge in [-0.15, -0.1) is 0 Å². The molecule has 1 saturated carbocycles. The molecule has 2 saturated heterocycles. The number of rotatable bonds is 4. The largest absolute Gasteiger partial charge is 0.344 e. The summed E-state index contributed by atoms with van der Waals surface area (Å²) in [6, 6.07) is 0. The van der Waals surface area contributed by atoms with Crippen LogP contribution >= 0.6 is 0 Å². The Balaban J connectivity index is 1.85. The van der Waals surface area contributed by atoms with Gasteiger partial charge in [-0.2, -0.15) is 12.7 Å². The third-order valence-corrected chi connectivity index (χ3v) is 5.96. The van der Waals surface area contributed by atoms with E-state index in [9.17, 15) is 8.42 Å². The maximum Gasteiger partial charge on any atom is 0.337 e. The molecular weight excluding hydrogens is 338 g/mol. The normalized spacial score (nSPS) is 40.5. The lowest BCUT2D eigenvalue weighted by Crippen LogP contribution is -2.57. The summed E-state index contributed by atoms with van der Waals surface area (Å²) >= 11 is 0. The van der Waals surface area contributed by atoms with E-state index in [1.165, 1.54) is 14.1 Å². The van der Waals surface area contributed by atoms with Crippen molar-refractivity contribution in [2.45, 2.75) is 76.0 Å². The maximum absolute atomic E-state index is 12.0. The number of hydrogen-bond donors (Lipinski definition) is 0. The van der Waals surface area contributed by atoms with Gasteiger partial charge in [-0.3, -0.25) is 4.18 Å². The quantitative estimate of drug-likeness (QED) is 0.735. The van der Waals surface area contributed by atoms with Crippen molar-refractivity contribution < 1.29 is 31.5 Å². The van der Waals surface area contributed by atoms with Gasteiger partial charge in [0.25, 0.3) is 0 Å². The molecule has 0 N–H and O–H groups in total. The Labute approximate surface area is 143 Å². The van der Waals surface area contributed by atoms with E-state index in [1.807, 2.05) is 27.7 Å². The lowest BCUT2D eigenvalue weighted by molar-refractivity contribution is -0.179. The predicted molar refractivity (Wildman–Crippen MR) is 84.4 cm³/mol. The summed E-state index contributed by atoms with van der Waals surface area (Å²) in [6.45, 7) is 7.23. The van der Waals surface area contributed by atoms with E-state index >= 15 is 0 Å². The minimum atomic E-state index is -3.80. The summed E-state index contributed by atoms with van der Waals surface area (Å²) in [5.41, 5.74) is -0.877. The predicted octanol–water partition coefficient (Wildman–Crippen LogP) is 1.01. The van der Waals surface area contributed by atoms with Crippen LogP contribution in [0.1, 0.15) is 40.5 Å². The van der Waals surface area contributed by atoms with Crippen molar-refractivity contribution in [1.29, 1.82) is 0 Å². The summed E-state index contributed by atoms with van der Waals surface area (Å²) in [4.78, 5) is 0. The van der Waals surface area contributed by atoms with Crippen LogP contribution in [-0.2, 0) is 33.4 Å². The topological polar surface area (TPSA) is 83.5 Å². The minimum Gasteiger partial charge on any atom is -0.344 e. The molecule has 0 radical (unpaired) electrons. The Kier molecular flexibility index (Phi) is 4.32. The second kappa shape index (κ2) is 5.60. The Morgan fingerprint density at radius 1 is 1.08 bits per heavy atom. The van der Waals surface area contributed by atoms with Crippen molar-refractivity contribution in [2.75, 3.05) is 20.7 Å².